The van der Waals surface area contributed by atoms with E-state index in [1.807, 2.05) is 13.1 Å². The van der Waals surface area contributed by atoms with Gasteiger partial charge >= 0.3 is 0 Å². The van der Waals surface area contributed by atoms with Crippen molar-refractivity contribution in [2.24, 2.45) is 0 Å². The first-order valence-electron chi connectivity index (χ1n) is 8.15. The number of hydrogen-bond donors (Lipinski definition) is 0. The highest BCUT2D eigenvalue weighted by molar-refractivity contribution is 5.87. The molecule has 0 saturated carbocycles. The number of aryl methyl sites for hydroxylation is 3. The van der Waals surface area contributed by atoms with Crippen LogP contribution in [0.25, 0.3) is 11.0 Å². The summed E-state index contributed by atoms with van der Waals surface area (Å²) >= 11 is 0. The van der Waals surface area contributed by atoms with Crippen LogP contribution < -0.4 is 0 Å². The van der Waals surface area contributed by atoms with Gasteiger partial charge in [-0.1, -0.05) is 24.3 Å². The van der Waals surface area contributed by atoms with Crippen molar-refractivity contribution in [1.29, 1.82) is 5.26 Å². The van der Waals surface area contributed by atoms with Gasteiger partial charge in [-0.25, -0.2) is 4.98 Å². The molecule has 1 aliphatic carbocycles. The molecular weight excluding hydrogens is 282 g/mol. The molecule has 0 aliphatic heterocycles. The van der Waals surface area contributed by atoms with Crippen LogP contribution in [0.15, 0.2) is 36.5 Å². The van der Waals surface area contributed by atoms with Gasteiger partial charge in [0.25, 0.3) is 0 Å². The third-order valence-corrected chi connectivity index (χ3v) is 4.90. The maximum Gasteiger partial charge on any atom is 0.142 e. The Morgan fingerprint density at radius 3 is 2.91 bits per heavy atom. The first-order valence-corrected chi connectivity index (χ1v) is 8.15. The van der Waals surface area contributed by atoms with Crippen LogP contribution in [0, 0.1) is 25.2 Å². The van der Waals surface area contributed by atoms with Crippen LogP contribution in [-0.4, -0.2) is 9.55 Å². The number of nitrogens with zero attached hydrogens (tertiary/aromatic N) is 3. The molecule has 2 heterocycles. The Bertz CT molecular complexity index is 943. The van der Waals surface area contributed by atoms with Gasteiger partial charge in [-0.3, -0.25) is 0 Å². The molecule has 0 bridgehead atoms. The average molecular weight is 301 g/mol. The zero-order valence-corrected chi connectivity index (χ0v) is 13.5. The van der Waals surface area contributed by atoms with E-state index in [-0.39, 0.29) is 6.04 Å². The number of rotatable bonds is 1. The van der Waals surface area contributed by atoms with Gasteiger partial charge in [0, 0.05) is 17.3 Å². The third-order valence-electron chi connectivity index (χ3n) is 4.90. The number of pyridine rings is 1. The fraction of sp³-hybridized carbons (Fsp3) is 0.300. The number of nitriles is 1. The summed E-state index contributed by atoms with van der Waals surface area (Å²) in [6, 6.07) is 13.4. The van der Waals surface area contributed by atoms with Gasteiger partial charge in [-0.2, -0.15) is 5.26 Å². The fourth-order valence-electron chi connectivity index (χ4n) is 3.94. The highest BCUT2D eigenvalue weighted by atomic mass is 15.1. The molecule has 114 valence electrons. The molecule has 0 N–H and O–H groups in total. The lowest BCUT2D eigenvalue weighted by molar-refractivity contribution is 0.499. The Hall–Kier alpha value is -2.60. The van der Waals surface area contributed by atoms with Crippen molar-refractivity contribution in [3.63, 3.8) is 0 Å². The molecule has 3 heteroatoms. The van der Waals surface area contributed by atoms with Crippen LogP contribution in [0.3, 0.4) is 0 Å². The molecule has 0 fully saturated rings. The van der Waals surface area contributed by atoms with Gasteiger partial charge in [0.05, 0.1) is 11.6 Å². The Morgan fingerprint density at radius 2 is 2.09 bits per heavy atom. The van der Waals surface area contributed by atoms with Crippen molar-refractivity contribution >= 4 is 11.0 Å². The van der Waals surface area contributed by atoms with Crippen LogP contribution in [0.5, 0.6) is 0 Å². The average Bonchev–Trinajstić information content (AvgIpc) is 2.93. The number of fused-ring (bicyclic) bond motifs is 2. The van der Waals surface area contributed by atoms with Gasteiger partial charge in [-0.15, -0.1) is 0 Å². The summed E-state index contributed by atoms with van der Waals surface area (Å²) in [4.78, 5) is 4.77. The Labute approximate surface area is 136 Å². The van der Waals surface area contributed by atoms with Crippen molar-refractivity contribution < 1.29 is 0 Å². The summed E-state index contributed by atoms with van der Waals surface area (Å²) in [6.45, 7) is 4.08. The first-order chi connectivity index (χ1) is 11.2. The molecule has 0 saturated heterocycles. The van der Waals surface area contributed by atoms with E-state index in [9.17, 15) is 5.26 Å². The standard InChI is InChI=1S/C20H19N3/c1-13-10-14(2)22-20-19(13)16(11-21)12-23(20)18-9-5-7-15-6-3-4-8-17(15)18/h3-4,6,8,10,12,18H,5,7,9H2,1-2H3. The summed E-state index contributed by atoms with van der Waals surface area (Å²) < 4.78 is 2.23. The topological polar surface area (TPSA) is 41.6 Å². The lowest BCUT2D eigenvalue weighted by Gasteiger charge is -2.27. The molecule has 0 spiro atoms. The van der Waals surface area contributed by atoms with Crippen LogP contribution in [0.2, 0.25) is 0 Å². The second-order valence-corrected chi connectivity index (χ2v) is 6.45. The van der Waals surface area contributed by atoms with Gasteiger partial charge in [0.2, 0.25) is 0 Å². The van der Waals surface area contributed by atoms with Crippen LogP contribution in [-0.2, 0) is 6.42 Å². The number of benzene rings is 1. The van der Waals surface area contributed by atoms with Crippen molar-refractivity contribution in [3.8, 4) is 6.07 Å². The SMILES string of the molecule is Cc1cc(C)c2c(C#N)cn(C3CCCc4ccccc43)c2n1. The molecule has 4 rings (SSSR count). The molecule has 1 aliphatic rings. The first kappa shape index (κ1) is 14.0. The fourth-order valence-corrected chi connectivity index (χ4v) is 3.94. The summed E-state index contributed by atoms with van der Waals surface area (Å²) in [5.41, 5.74) is 6.61. The Kier molecular flexibility index (Phi) is 3.20. The van der Waals surface area contributed by atoms with E-state index in [0.29, 0.717) is 0 Å². The lowest BCUT2D eigenvalue weighted by atomic mass is 9.87. The molecule has 3 nitrogen and oxygen atoms in total. The minimum absolute atomic E-state index is 0.276. The zero-order valence-electron chi connectivity index (χ0n) is 13.5. The monoisotopic (exact) mass is 301 g/mol. The molecule has 0 amide bonds. The summed E-state index contributed by atoms with van der Waals surface area (Å²) in [6.07, 6.45) is 5.41. The molecule has 1 atom stereocenters. The van der Waals surface area contributed by atoms with Crippen molar-refractivity contribution in [3.05, 3.63) is 64.5 Å². The minimum Gasteiger partial charge on any atom is -0.324 e. The maximum absolute atomic E-state index is 9.55. The van der Waals surface area contributed by atoms with Crippen LogP contribution in [0.4, 0.5) is 0 Å². The highest BCUT2D eigenvalue weighted by Crippen LogP contribution is 2.36. The predicted octanol–water partition coefficient (Wildman–Crippen LogP) is 4.45. The molecular formula is C20H19N3. The second kappa shape index (κ2) is 5.24. The minimum atomic E-state index is 0.276. The van der Waals surface area contributed by atoms with Gasteiger partial charge in [-0.05, 0) is 55.9 Å². The predicted molar refractivity (Wildman–Crippen MR) is 91.4 cm³/mol. The van der Waals surface area contributed by atoms with E-state index < -0.39 is 0 Å². The summed E-state index contributed by atoms with van der Waals surface area (Å²) in [5.74, 6) is 0. The molecule has 2 aromatic heterocycles. The van der Waals surface area contributed by atoms with Crippen molar-refractivity contribution in [2.75, 3.05) is 0 Å². The van der Waals surface area contributed by atoms with Crippen LogP contribution >= 0.6 is 0 Å². The van der Waals surface area contributed by atoms with Crippen LogP contribution in [0.1, 0.15) is 46.8 Å². The molecule has 3 aromatic rings. The van der Waals surface area contributed by atoms with E-state index in [0.717, 1.165) is 40.7 Å². The van der Waals surface area contributed by atoms with Gasteiger partial charge in [0.15, 0.2) is 0 Å². The summed E-state index contributed by atoms with van der Waals surface area (Å²) in [7, 11) is 0. The maximum atomic E-state index is 9.55. The van der Waals surface area contributed by atoms with Crippen molar-refractivity contribution in [2.45, 2.75) is 39.2 Å². The Morgan fingerprint density at radius 1 is 1.26 bits per heavy atom. The number of aromatic nitrogens is 2. The van der Waals surface area contributed by atoms with E-state index in [4.69, 9.17) is 4.98 Å². The molecule has 23 heavy (non-hydrogen) atoms. The van der Waals surface area contributed by atoms with Gasteiger partial charge in [0.1, 0.15) is 11.7 Å². The normalized spacial score (nSPS) is 17.0. The second-order valence-electron chi connectivity index (χ2n) is 6.45. The molecule has 1 aromatic carbocycles. The van der Waals surface area contributed by atoms with Crippen molar-refractivity contribution in [1.82, 2.24) is 9.55 Å². The third kappa shape index (κ3) is 2.14. The Balaban J connectivity index is 1.99. The highest BCUT2D eigenvalue weighted by Gasteiger charge is 2.24. The largest absolute Gasteiger partial charge is 0.324 e. The molecule has 1 unspecified atom stereocenters. The number of hydrogen-bond acceptors (Lipinski definition) is 2. The quantitative estimate of drug-likeness (QED) is 0.666. The van der Waals surface area contributed by atoms with E-state index in [2.05, 4.69) is 47.9 Å². The zero-order chi connectivity index (χ0) is 16.0. The van der Waals surface area contributed by atoms with E-state index in [1.165, 1.54) is 17.5 Å². The van der Waals surface area contributed by atoms with Gasteiger partial charge < -0.3 is 4.57 Å². The van der Waals surface area contributed by atoms with E-state index >= 15 is 0 Å². The molecule has 0 radical (unpaired) electrons. The smallest absolute Gasteiger partial charge is 0.142 e. The van der Waals surface area contributed by atoms with E-state index in [1.54, 1.807) is 0 Å². The lowest BCUT2D eigenvalue weighted by Crippen LogP contribution is -2.17. The summed E-state index contributed by atoms with van der Waals surface area (Å²) in [5, 5.41) is 10.5.